The van der Waals surface area contributed by atoms with E-state index in [-0.39, 0.29) is 0 Å². The molecule has 0 saturated carbocycles. The van der Waals surface area contributed by atoms with Gasteiger partial charge in [-0.1, -0.05) is 34.6 Å². The van der Waals surface area contributed by atoms with Gasteiger partial charge in [0.15, 0.2) is 0 Å². The van der Waals surface area contributed by atoms with Crippen LogP contribution in [0.1, 0.15) is 48.0 Å². The highest BCUT2D eigenvalue weighted by Crippen LogP contribution is 2.08. The second-order valence-corrected chi connectivity index (χ2v) is 6.11. The van der Waals surface area contributed by atoms with E-state index in [2.05, 4.69) is 58.4 Å². The molecule has 2 heteroatoms. The molecule has 0 aromatic carbocycles. The molecule has 0 bridgehead atoms. The topological polar surface area (TPSA) is 6.48 Å². The highest BCUT2D eigenvalue weighted by Gasteiger charge is 2.13. The number of rotatable bonds is 9. The highest BCUT2D eigenvalue weighted by atomic mass is 15.1. The molecule has 0 fully saturated rings. The molecule has 0 aliphatic carbocycles. The van der Waals surface area contributed by atoms with Crippen LogP contribution in [0.5, 0.6) is 0 Å². The van der Waals surface area contributed by atoms with Gasteiger partial charge in [0.05, 0.1) is 0 Å². The van der Waals surface area contributed by atoms with Gasteiger partial charge in [0.1, 0.15) is 0 Å². The zero-order valence-electron chi connectivity index (χ0n) is 13.2. The molecular formula is C15H34N2. The summed E-state index contributed by atoms with van der Waals surface area (Å²) in [6.07, 6.45) is 1.29. The van der Waals surface area contributed by atoms with Crippen LogP contribution >= 0.6 is 0 Å². The van der Waals surface area contributed by atoms with Crippen molar-refractivity contribution in [2.45, 2.75) is 54.0 Å². The molecule has 0 N–H and O–H groups in total. The van der Waals surface area contributed by atoms with Crippen molar-refractivity contribution in [2.75, 3.05) is 33.2 Å². The Balaban J connectivity index is 3.80. The Labute approximate surface area is 109 Å². The van der Waals surface area contributed by atoms with E-state index in [9.17, 15) is 0 Å². The van der Waals surface area contributed by atoms with Gasteiger partial charge in [0.2, 0.25) is 0 Å². The van der Waals surface area contributed by atoms with Gasteiger partial charge in [-0.2, -0.15) is 0 Å². The van der Waals surface area contributed by atoms with E-state index < -0.39 is 0 Å². The van der Waals surface area contributed by atoms with Gasteiger partial charge >= 0.3 is 0 Å². The van der Waals surface area contributed by atoms with E-state index in [0.29, 0.717) is 6.04 Å². The van der Waals surface area contributed by atoms with E-state index in [4.69, 9.17) is 0 Å². The van der Waals surface area contributed by atoms with Crippen LogP contribution in [0.4, 0.5) is 0 Å². The van der Waals surface area contributed by atoms with Gasteiger partial charge in [-0.25, -0.2) is 0 Å². The van der Waals surface area contributed by atoms with Crippen molar-refractivity contribution in [3.05, 3.63) is 0 Å². The third kappa shape index (κ3) is 7.77. The Morgan fingerprint density at radius 1 is 0.941 bits per heavy atom. The van der Waals surface area contributed by atoms with Crippen molar-refractivity contribution in [3.8, 4) is 0 Å². The Morgan fingerprint density at radius 3 is 1.94 bits per heavy atom. The quantitative estimate of drug-likeness (QED) is 0.612. The predicted octanol–water partition coefficient (Wildman–Crippen LogP) is 3.33. The van der Waals surface area contributed by atoms with Gasteiger partial charge < -0.3 is 9.80 Å². The average Bonchev–Trinajstić information content (AvgIpc) is 2.25. The van der Waals surface area contributed by atoms with Crippen molar-refractivity contribution in [1.29, 1.82) is 0 Å². The van der Waals surface area contributed by atoms with Crippen molar-refractivity contribution in [1.82, 2.24) is 9.80 Å². The Morgan fingerprint density at radius 2 is 1.53 bits per heavy atom. The van der Waals surface area contributed by atoms with Gasteiger partial charge in [0.25, 0.3) is 0 Å². The summed E-state index contributed by atoms with van der Waals surface area (Å²) < 4.78 is 0. The minimum atomic E-state index is 0.690. The maximum atomic E-state index is 2.57. The molecule has 0 heterocycles. The second kappa shape index (κ2) is 8.93. The van der Waals surface area contributed by atoms with Gasteiger partial charge in [-0.3, -0.25) is 0 Å². The van der Waals surface area contributed by atoms with Crippen LogP contribution in [0.3, 0.4) is 0 Å². The molecule has 0 saturated heterocycles. The Kier molecular flexibility index (Phi) is 8.89. The van der Waals surface area contributed by atoms with Crippen LogP contribution < -0.4 is 0 Å². The van der Waals surface area contributed by atoms with E-state index >= 15 is 0 Å². The average molecular weight is 242 g/mol. The SMILES string of the molecule is CCN(CCCN(C)[C@H](C)C(C)C)CC(C)C. The smallest absolute Gasteiger partial charge is 0.00868 e. The largest absolute Gasteiger partial charge is 0.303 e. The molecular weight excluding hydrogens is 208 g/mol. The maximum Gasteiger partial charge on any atom is 0.00868 e. The summed E-state index contributed by atoms with van der Waals surface area (Å²) >= 11 is 0. The van der Waals surface area contributed by atoms with Crippen molar-refractivity contribution < 1.29 is 0 Å². The van der Waals surface area contributed by atoms with E-state index in [0.717, 1.165) is 11.8 Å². The van der Waals surface area contributed by atoms with E-state index in [1.165, 1.54) is 32.6 Å². The zero-order valence-corrected chi connectivity index (χ0v) is 13.2. The van der Waals surface area contributed by atoms with Crippen LogP contribution in [0.15, 0.2) is 0 Å². The molecule has 17 heavy (non-hydrogen) atoms. The highest BCUT2D eigenvalue weighted by molar-refractivity contribution is 4.68. The first kappa shape index (κ1) is 16.9. The van der Waals surface area contributed by atoms with Crippen molar-refractivity contribution >= 4 is 0 Å². The molecule has 0 spiro atoms. The molecule has 0 radical (unpaired) electrons. The minimum Gasteiger partial charge on any atom is -0.303 e. The molecule has 0 rings (SSSR count). The number of hydrogen-bond donors (Lipinski definition) is 0. The minimum absolute atomic E-state index is 0.690. The first-order chi connectivity index (χ1) is 7.88. The third-order valence-electron chi connectivity index (χ3n) is 3.72. The Hall–Kier alpha value is -0.0800. The lowest BCUT2D eigenvalue weighted by Gasteiger charge is -2.29. The molecule has 0 aromatic rings. The number of hydrogen-bond acceptors (Lipinski definition) is 2. The normalized spacial score (nSPS) is 14.3. The summed E-state index contributed by atoms with van der Waals surface area (Å²) in [5, 5.41) is 0. The molecule has 0 aliphatic heterocycles. The van der Waals surface area contributed by atoms with Crippen LogP contribution in [-0.2, 0) is 0 Å². The summed E-state index contributed by atoms with van der Waals surface area (Å²) in [6.45, 7) is 18.7. The number of nitrogens with zero attached hydrogens (tertiary/aromatic N) is 2. The molecule has 1 atom stereocenters. The van der Waals surface area contributed by atoms with Crippen LogP contribution in [0.25, 0.3) is 0 Å². The fourth-order valence-corrected chi connectivity index (χ4v) is 2.15. The maximum absolute atomic E-state index is 2.57. The lowest BCUT2D eigenvalue weighted by molar-refractivity contribution is 0.185. The van der Waals surface area contributed by atoms with E-state index in [1.807, 2.05) is 0 Å². The molecule has 2 nitrogen and oxygen atoms in total. The first-order valence-corrected chi connectivity index (χ1v) is 7.31. The summed E-state index contributed by atoms with van der Waals surface area (Å²) in [5.41, 5.74) is 0. The third-order valence-corrected chi connectivity index (χ3v) is 3.72. The molecule has 0 aromatic heterocycles. The molecule has 0 aliphatic rings. The Bertz CT molecular complexity index is 176. The lowest BCUT2D eigenvalue weighted by atomic mass is 10.1. The second-order valence-electron chi connectivity index (χ2n) is 6.11. The van der Waals surface area contributed by atoms with Crippen LogP contribution in [-0.4, -0.2) is 49.1 Å². The lowest BCUT2D eigenvalue weighted by Crippen LogP contribution is -2.36. The molecule has 104 valence electrons. The van der Waals surface area contributed by atoms with Gasteiger partial charge in [-0.05, 0) is 51.9 Å². The molecule has 0 amide bonds. The van der Waals surface area contributed by atoms with Gasteiger partial charge in [0, 0.05) is 12.6 Å². The summed E-state index contributed by atoms with van der Waals surface area (Å²) in [5.74, 6) is 1.53. The van der Waals surface area contributed by atoms with Crippen molar-refractivity contribution in [3.63, 3.8) is 0 Å². The fourth-order valence-electron chi connectivity index (χ4n) is 2.15. The summed E-state index contributed by atoms with van der Waals surface area (Å²) in [6, 6.07) is 0.690. The van der Waals surface area contributed by atoms with Crippen LogP contribution in [0, 0.1) is 11.8 Å². The predicted molar refractivity (Wildman–Crippen MR) is 78.5 cm³/mol. The first-order valence-electron chi connectivity index (χ1n) is 7.31. The monoisotopic (exact) mass is 242 g/mol. The summed E-state index contributed by atoms with van der Waals surface area (Å²) in [7, 11) is 2.25. The fraction of sp³-hybridized carbons (Fsp3) is 1.00. The van der Waals surface area contributed by atoms with Crippen molar-refractivity contribution in [2.24, 2.45) is 11.8 Å². The van der Waals surface area contributed by atoms with E-state index in [1.54, 1.807) is 0 Å². The van der Waals surface area contributed by atoms with Crippen LogP contribution in [0.2, 0.25) is 0 Å². The summed E-state index contributed by atoms with van der Waals surface area (Å²) in [4.78, 5) is 5.06. The van der Waals surface area contributed by atoms with Gasteiger partial charge in [-0.15, -0.1) is 0 Å². The zero-order chi connectivity index (χ0) is 13.4. The standard InChI is InChI=1S/C15H34N2/c1-8-17(12-13(2)3)11-9-10-16(7)15(6)14(4)5/h13-15H,8-12H2,1-7H3/t15-/m1/s1. The molecule has 0 unspecified atom stereocenters.